The molecule has 0 amide bonds. The van der Waals surface area contributed by atoms with Gasteiger partial charge in [-0.2, -0.15) is 0 Å². The molecule has 0 aliphatic carbocycles. The van der Waals surface area contributed by atoms with Crippen molar-refractivity contribution in [2.24, 2.45) is 11.3 Å². The summed E-state index contributed by atoms with van der Waals surface area (Å²) < 4.78 is 5.95. The van der Waals surface area contributed by atoms with E-state index in [4.69, 9.17) is 4.74 Å². The number of Topliss-reactive ketones (excluding diaryl/α,β-unsaturated/α-hetero) is 1. The van der Waals surface area contributed by atoms with Gasteiger partial charge in [0.15, 0.2) is 5.78 Å². The van der Waals surface area contributed by atoms with Gasteiger partial charge in [0.1, 0.15) is 5.60 Å². The molecule has 0 aromatic rings. The first-order valence-corrected chi connectivity index (χ1v) is 7.24. The van der Waals surface area contributed by atoms with E-state index in [0.29, 0.717) is 6.04 Å². The standard InChI is InChI=1S/C16H31NO2/c1-11(14(2,3)4)17(9)10-12-13(18)16(7,8)19-15(12,5)6/h11-12H,10H2,1-9H3. The van der Waals surface area contributed by atoms with Gasteiger partial charge in [0.2, 0.25) is 0 Å². The molecular formula is C16H31NO2. The number of ether oxygens (including phenoxy) is 1. The van der Waals surface area contributed by atoms with Gasteiger partial charge in [-0.3, -0.25) is 4.79 Å². The van der Waals surface area contributed by atoms with Gasteiger partial charge in [-0.1, -0.05) is 20.8 Å². The number of rotatable bonds is 3. The van der Waals surface area contributed by atoms with Crippen molar-refractivity contribution in [2.45, 2.75) is 72.6 Å². The highest BCUT2D eigenvalue weighted by Crippen LogP contribution is 2.40. The van der Waals surface area contributed by atoms with Crippen LogP contribution in [0.15, 0.2) is 0 Å². The normalized spacial score (nSPS) is 27.9. The van der Waals surface area contributed by atoms with Gasteiger partial charge in [0.25, 0.3) is 0 Å². The Hall–Kier alpha value is -0.410. The van der Waals surface area contributed by atoms with E-state index < -0.39 is 5.60 Å². The lowest BCUT2D eigenvalue weighted by atomic mass is 9.83. The predicted molar refractivity (Wildman–Crippen MR) is 79.3 cm³/mol. The predicted octanol–water partition coefficient (Wildman–Crippen LogP) is 3.13. The van der Waals surface area contributed by atoms with Gasteiger partial charge >= 0.3 is 0 Å². The van der Waals surface area contributed by atoms with Crippen LogP contribution in [0, 0.1) is 11.3 Å². The third-order valence-corrected chi connectivity index (χ3v) is 4.65. The van der Waals surface area contributed by atoms with Crippen LogP contribution >= 0.6 is 0 Å². The molecule has 2 atom stereocenters. The first-order chi connectivity index (χ1) is 8.29. The molecular weight excluding hydrogens is 238 g/mol. The van der Waals surface area contributed by atoms with Crippen LogP contribution in [0.4, 0.5) is 0 Å². The van der Waals surface area contributed by atoms with E-state index in [-0.39, 0.29) is 22.7 Å². The van der Waals surface area contributed by atoms with Gasteiger partial charge in [-0.15, -0.1) is 0 Å². The third kappa shape index (κ3) is 3.38. The zero-order valence-electron chi connectivity index (χ0n) is 14.1. The van der Waals surface area contributed by atoms with Crippen LogP contribution in [0.1, 0.15) is 55.4 Å². The molecule has 1 rings (SSSR count). The van der Waals surface area contributed by atoms with Crippen LogP contribution in [0.5, 0.6) is 0 Å². The van der Waals surface area contributed by atoms with Crippen LogP contribution in [-0.2, 0) is 9.53 Å². The van der Waals surface area contributed by atoms with Crippen molar-refractivity contribution in [1.29, 1.82) is 0 Å². The Morgan fingerprint density at radius 1 is 1.26 bits per heavy atom. The monoisotopic (exact) mass is 269 g/mol. The molecule has 112 valence electrons. The van der Waals surface area contributed by atoms with Crippen molar-refractivity contribution >= 4 is 5.78 Å². The van der Waals surface area contributed by atoms with E-state index in [2.05, 4.69) is 39.6 Å². The lowest BCUT2D eigenvalue weighted by molar-refractivity contribution is -0.132. The van der Waals surface area contributed by atoms with Gasteiger partial charge in [-0.25, -0.2) is 0 Å². The van der Waals surface area contributed by atoms with Gasteiger partial charge < -0.3 is 9.64 Å². The summed E-state index contributed by atoms with van der Waals surface area (Å²) in [4.78, 5) is 14.8. The maximum atomic E-state index is 12.5. The first kappa shape index (κ1) is 16.6. The molecule has 19 heavy (non-hydrogen) atoms. The molecule has 1 heterocycles. The number of carbonyl (C=O) groups excluding carboxylic acids is 1. The van der Waals surface area contributed by atoms with Crippen molar-refractivity contribution in [3.63, 3.8) is 0 Å². The number of carbonyl (C=O) groups is 1. The fourth-order valence-electron chi connectivity index (χ4n) is 2.92. The molecule has 2 unspecified atom stereocenters. The quantitative estimate of drug-likeness (QED) is 0.788. The summed E-state index contributed by atoms with van der Waals surface area (Å²) in [5, 5.41) is 0. The molecule has 0 saturated carbocycles. The summed E-state index contributed by atoms with van der Waals surface area (Å²) in [6.07, 6.45) is 0. The molecule has 0 radical (unpaired) electrons. The molecule has 0 aromatic heterocycles. The van der Waals surface area contributed by atoms with Gasteiger partial charge in [0.05, 0.1) is 11.5 Å². The second-order valence-corrected chi connectivity index (χ2v) is 8.11. The van der Waals surface area contributed by atoms with E-state index in [9.17, 15) is 4.79 Å². The van der Waals surface area contributed by atoms with Crippen molar-refractivity contribution < 1.29 is 9.53 Å². The molecule has 1 saturated heterocycles. The maximum Gasteiger partial charge on any atom is 0.171 e. The first-order valence-electron chi connectivity index (χ1n) is 7.24. The van der Waals surface area contributed by atoms with Crippen molar-refractivity contribution in [2.75, 3.05) is 13.6 Å². The number of ketones is 1. The van der Waals surface area contributed by atoms with Crippen molar-refractivity contribution in [3.05, 3.63) is 0 Å². The lowest BCUT2D eigenvalue weighted by Crippen LogP contribution is -2.46. The van der Waals surface area contributed by atoms with E-state index in [1.807, 2.05) is 27.7 Å². The largest absolute Gasteiger partial charge is 0.361 e. The van der Waals surface area contributed by atoms with E-state index in [0.717, 1.165) is 6.54 Å². The highest BCUT2D eigenvalue weighted by Gasteiger charge is 2.53. The average Bonchev–Trinajstić information content (AvgIpc) is 2.34. The van der Waals surface area contributed by atoms with Crippen LogP contribution < -0.4 is 0 Å². The Morgan fingerprint density at radius 3 is 2.05 bits per heavy atom. The summed E-state index contributed by atoms with van der Waals surface area (Å²) in [6.45, 7) is 17.5. The lowest BCUT2D eigenvalue weighted by Gasteiger charge is -2.38. The summed E-state index contributed by atoms with van der Waals surface area (Å²) in [5.41, 5.74) is -0.830. The highest BCUT2D eigenvalue weighted by atomic mass is 16.5. The number of nitrogens with zero attached hydrogens (tertiary/aromatic N) is 1. The van der Waals surface area contributed by atoms with Crippen LogP contribution in [0.2, 0.25) is 0 Å². The average molecular weight is 269 g/mol. The Morgan fingerprint density at radius 2 is 1.74 bits per heavy atom. The fraction of sp³-hybridized carbons (Fsp3) is 0.938. The maximum absolute atomic E-state index is 12.5. The van der Waals surface area contributed by atoms with Gasteiger partial charge in [0, 0.05) is 12.6 Å². The molecule has 0 spiro atoms. The molecule has 1 fully saturated rings. The smallest absolute Gasteiger partial charge is 0.171 e. The molecule has 3 heteroatoms. The second-order valence-electron chi connectivity index (χ2n) is 8.11. The Kier molecular flexibility index (Phi) is 4.25. The second kappa shape index (κ2) is 4.85. The van der Waals surface area contributed by atoms with Crippen LogP contribution in [-0.4, -0.2) is 41.5 Å². The Bertz CT molecular complexity index is 352. The third-order valence-electron chi connectivity index (χ3n) is 4.65. The minimum absolute atomic E-state index is 0.0581. The molecule has 1 aliphatic heterocycles. The molecule has 1 aliphatic rings. The summed E-state index contributed by atoms with van der Waals surface area (Å²) in [7, 11) is 2.10. The van der Waals surface area contributed by atoms with E-state index >= 15 is 0 Å². The summed E-state index contributed by atoms with van der Waals surface area (Å²) >= 11 is 0. The zero-order valence-corrected chi connectivity index (χ0v) is 14.1. The Labute approximate surface area is 118 Å². The molecule has 0 bridgehead atoms. The summed E-state index contributed by atoms with van der Waals surface area (Å²) in [6, 6.07) is 0.416. The summed E-state index contributed by atoms with van der Waals surface area (Å²) in [5.74, 6) is 0.169. The Balaban J connectivity index is 2.85. The van der Waals surface area contributed by atoms with Crippen LogP contribution in [0.3, 0.4) is 0 Å². The van der Waals surface area contributed by atoms with E-state index in [1.54, 1.807) is 0 Å². The van der Waals surface area contributed by atoms with Gasteiger partial charge in [-0.05, 0) is 47.1 Å². The fourth-order valence-corrected chi connectivity index (χ4v) is 2.92. The molecule has 0 N–H and O–H groups in total. The number of hydrogen-bond donors (Lipinski definition) is 0. The molecule has 3 nitrogen and oxygen atoms in total. The van der Waals surface area contributed by atoms with Crippen molar-refractivity contribution in [1.82, 2.24) is 4.90 Å². The topological polar surface area (TPSA) is 29.5 Å². The van der Waals surface area contributed by atoms with E-state index in [1.165, 1.54) is 0 Å². The van der Waals surface area contributed by atoms with Crippen molar-refractivity contribution in [3.8, 4) is 0 Å². The van der Waals surface area contributed by atoms with Crippen LogP contribution in [0.25, 0.3) is 0 Å². The SMILES string of the molecule is CC(N(C)CC1C(=O)C(C)(C)OC1(C)C)C(C)(C)C. The molecule has 0 aromatic carbocycles. The zero-order chi connectivity index (χ0) is 15.2. The minimum atomic E-state index is -0.653. The minimum Gasteiger partial charge on any atom is -0.361 e. The number of hydrogen-bond acceptors (Lipinski definition) is 3. The highest BCUT2D eigenvalue weighted by molar-refractivity contribution is 5.91.